The Morgan fingerprint density at radius 1 is 0.975 bits per heavy atom. The molecule has 0 saturated heterocycles. The molecule has 0 heterocycles. The van der Waals surface area contributed by atoms with Crippen LogP contribution in [0.2, 0.25) is 0 Å². The third-order valence-corrected chi connectivity index (χ3v) is 5.79. The number of nitro groups is 1. The number of nitrogens with zero attached hydrogens (tertiary/aromatic N) is 2. The molecule has 2 amide bonds. The first-order chi connectivity index (χ1) is 19.2. The van der Waals surface area contributed by atoms with Crippen molar-refractivity contribution in [3.63, 3.8) is 0 Å². The lowest BCUT2D eigenvalue weighted by Gasteiger charge is -2.18. The molecule has 210 valence electrons. The molecule has 0 radical (unpaired) electrons. The Labute approximate surface area is 232 Å². The molecule has 2 N–H and O–H groups in total. The highest BCUT2D eigenvalue weighted by molar-refractivity contribution is 6.06. The number of nitrogens with one attached hydrogen (secondary N) is 2. The zero-order valence-corrected chi connectivity index (χ0v) is 22.7. The summed E-state index contributed by atoms with van der Waals surface area (Å²) in [5, 5.41) is 17.6. The minimum absolute atomic E-state index is 0.00655. The molecule has 1 unspecified atom stereocenters. The second kappa shape index (κ2) is 14.3. The van der Waals surface area contributed by atoms with Crippen molar-refractivity contribution in [1.82, 2.24) is 5.43 Å². The van der Waals surface area contributed by atoms with Crippen molar-refractivity contribution in [2.45, 2.75) is 27.4 Å². The Bertz CT molecular complexity index is 1340. The molecule has 1 atom stereocenters. The van der Waals surface area contributed by atoms with E-state index in [9.17, 15) is 19.7 Å². The fourth-order valence-corrected chi connectivity index (χ4v) is 3.73. The van der Waals surface area contributed by atoms with Crippen molar-refractivity contribution in [2.24, 2.45) is 16.9 Å². The fraction of sp³-hybridized carbons (Fsp3) is 0.276. The summed E-state index contributed by atoms with van der Waals surface area (Å²) >= 11 is 0. The maximum Gasteiger partial charge on any atom is 0.269 e. The molecule has 0 saturated carbocycles. The fourth-order valence-electron chi connectivity index (χ4n) is 3.73. The largest absolute Gasteiger partial charge is 0.497 e. The molecule has 0 fully saturated rings. The first kappa shape index (κ1) is 29.6. The summed E-state index contributed by atoms with van der Waals surface area (Å²) in [5.74, 6) is -0.609. The molecule has 3 aromatic rings. The molecular weight excluding hydrogens is 516 g/mol. The second-order valence-electron chi connectivity index (χ2n) is 9.03. The van der Waals surface area contributed by atoms with Crippen molar-refractivity contribution in [2.75, 3.05) is 19.0 Å². The van der Waals surface area contributed by atoms with Gasteiger partial charge in [0, 0.05) is 17.8 Å². The van der Waals surface area contributed by atoms with Crippen LogP contribution in [0.15, 0.2) is 71.8 Å². The number of carbonyl (C=O) groups is 2. The quantitative estimate of drug-likeness (QED) is 0.133. The van der Waals surface area contributed by atoms with Crippen LogP contribution in [0.5, 0.6) is 17.2 Å². The van der Waals surface area contributed by atoms with Crippen molar-refractivity contribution in [3.8, 4) is 17.2 Å². The lowest BCUT2D eigenvalue weighted by Crippen LogP contribution is -2.39. The predicted octanol–water partition coefficient (Wildman–Crippen LogP) is 4.94. The topological polar surface area (TPSA) is 141 Å². The molecule has 0 aromatic heterocycles. The van der Waals surface area contributed by atoms with E-state index in [0.29, 0.717) is 35.1 Å². The maximum atomic E-state index is 12.8. The van der Waals surface area contributed by atoms with E-state index in [2.05, 4.69) is 15.8 Å². The number of benzene rings is 3. The van der Waals surface area contributed by atoms with Gasteiger partial charge in [-0.2, -0.15) is 5.10 Å². The summed E-state index contributed by atoms with van der Waals surface area (Å²) in [6.07, 6.45) is 1.44. The third-order valence-electron chi connectivity index (χ3n) is 5.79. The summed E-state index contributed by atoms with van der Waals surface area (Å²) in [7, 11) is 1.55. The van der Waals surface area contributed by atoms with E-state index in [-0.39, 0.29) is 18.2 Å². The first-order valence-electron chi connectivity index (χ1n) is 12.6. The van der Waals surface area contributed by atoms with Gasteiger partial charge in [0.2, 0.25) is 5.91 Å². The average molecular weight is 549 g/mol. The summed E-state index contributed by atoms with van der Waals surface area (Å²) in [6, 6.07) is 18.1. The minimum Gasteiger partial charge on any atom is -0.497 e. The van der Waals surface area contributed by atoms with Crippen molar-refractivity contribution in [3.05, 3.63) is 88.0 Å². The minimum atomic E-state index is -0.964. The molecular formula is C29H32N4O7. The van der Waals surface area contributed by atoms with Gasteiger partial charge in [-0.3, -0.25) is 19.7 Å². The smallest absolute Gasteiger partial charge is 0.269 e. The summed E-state index contributed by atoms with van der Waals surface area (Å²) in [5.41, 5.74) is 4.40. The van der Waals surface area contributed by atoms with Crippen molar-refractivity contribution < 1.29 is 28.7 Å². The van der Waals surface area contributed by atoms with E-state index in [0.717, 1.165) is 5.56 Å². The van der Waals surface area contributed by atoms with Crippen LogP contribution in [0, 0.1) is 22.0 Å². The number of amides is 2. The highest BCUT2D eigenvalue weighted by Gasteiger charge is 2.30. The number of nitro benzene ring substituents is 1. The van der Waals surface area contributed by atoms with Gasteiger partial charge >= 0.3 is 0 Å². The number of hydrogen-bond donors (Lipinski definition) is 2. The van der Waals surface area contributed by atoms with E-state index in [4.69, 9.17) is 14.2 Å². The van der Waals surface area contributed by atoms with Gasteiger partial charge in [-0.15, -0.1) is 0 Å². The normalized spacial score (nSPS) is 11.6. The molecule has 0 bridgehead atoms. The number of non-ortho nitro benzene ring substituents is 1. The molecule has 0 spiro atoms. The molecule has 3 aromatic carbocycles. The number of ether oxygens (including phenoxy) is 3. The van der Waals surface area contributed by atoms with Crippen LogP contribution in [-0.2, 0) is 16.2 Å². The Kier molecular flexibility index (Phi) is 10.6. The standard InChI is InChI=1S/C29H32N4O7/c1-5-39-26-16-21(8-15-25(26)40-18-20-6-11-23(12-7-20)33(36)37)17-30-32-29(35)27(19(2)3)28(34)31-22-9-13-24(38-4)14-10-22/h6-17,19,27H,5,18H2,1-4H3,(H,31,34)(H,32,35). The molecule has 3 rings (SSSR count). The Morgan fingerprint density at radius 2 is 1.68 bits per heavy atom. The summed E-state index contributed by atoms with van der Waals surface area (Å²) < 4.78 is 16.7. The van der Waals surface area contributed by atoms with E-state index in [1.54, 1.807) is 75.6 Å². The lowest BCUT2D eigenvalue weighted by atomic mass is 9.94. The van der Waals surface area contributed by atoms with Crippen LogP contribution < -0.4 is 25.0 Å². The molecule has 0 aliphatic carbocycles. The van der Waals surface area contributed by atoms with Gasteiger partial charge in [0.25, 0.3) is 11.6 Å². The van der Waals surface area contributed by atoms with Gasteiger partial charge in [0.1, 0.15) is 18.3 Å². The van der Waals surface area contributed by atoms with Gasteiger partial charge in [-0.1, -0.05) is 13.8 Å². The number of rotatable bonds is 13. The molecule has 40 heavy (non-hydrogen) atoms. The van der Waals surface area contributed by atoms with E-state index >= 15 is 0 Å². The van der Waals surface area contributed by atoms with Crippen LogP contribution in [0.4, 0.5) is 11.4 Å². The molecule has 0 aliphatic heterocycles. The summed E-state index contributed by atoms with van der Waals surface area (Å²) in [4.78, 5) is 36.0. The Hall–Kier alpha value is -4.93. The van der Waals surface area contributed by atoms with E-state index in [1.165, 1.54) is 18.3 Å². The molecule has 0 aliphatic rings. The molecule has 11 nitrogen and oxygen atoms in total. The maximum absolute atomic E-state index is 12.8. The number of methoxy groups -OCH3 is 1. The molecule has 11 heteroatoms. The number of carbonyl (C=O) groups excluding carboxylic acids is 2. The lowest BCUT2D eigenvalue weighted by molar-refractivity contribution is -0.384. The second-order valence-corrected chi connectivity index (χ2v) is 9.03. The summed E-state index contributed by atoms with van der Waals surface area (Å²) in [6.45, 7) is 5.99. The van der Waals surface area contributed by atoms with Crippen LogP contribution in [0.1, 0.15) is 31.9 Å². The number of hydrogen-bond acceptors (Lipinski definition) is 8. The third kappa shape index (κ3) is 8.29. The zero-order valence-electron chi connectivity index (χ0n) is 22.7. The van der Waals surface area contributed by atoms with Crippen molar-refractivity contribution >= 4 is 29.4 Å². The average Bonchev–Trinajstić information content (AvgIpc) is 2.93. The van der Waals surface area contributed by atoms with Gasteiger partial charge in [-0.05, 0) is 78.6 Å². The number of anilines is 1. The van der Waals surface area contributed by atoms with Crippen molar-refractivity contribution in [1.29, 1.82) is 0 Å². The Balaban J connectivity index is 1.63. The van der Waals surface area contributed by atoms with Gasteiger partial charge in [0.15, 0.2) is 11.5 Å². The van der Waals surface area contributed by atoms with Crippen LogP contribution in [0.25, 0.3) is 0 Å². The van der Waals surface area contributed by atoms with Gasteiger partial charge in [-0.25, -0.2) is 5.43 Å². The number of hydrazone groups is 1. The van der Waals surface area contributed by atoms with Gasteiger partial charge < -0.3 is 19.5 Å². The highest BCUT2D eigenvalue weighted by Crippen LogP contribution is 2.29. The predicted molar refractivity (Wildman–Crippen MR) is 151 cm³/mol. The monoisotopic (exact) mass is 548 g/mol. The highest BCUT2D eigenvalue weighted by atomic mass is 16.6. The Morgan fingerprint density at radius 3 is 2.27 bits per heavy atom. The van der Waals surface area contributed by atoms with Crippen LogP contribution in [0.3, 0.4) is 0 Å². The van der Waals surface area contributed by atoms with Crippen LogP contribution >= 0.6 is 0 Å². The van der Waals surface area contributed by atoms with Gasteiger partial charge in [0.05, 0.1) is 24.9 Å². The SMILES string of the molecule is CCOc1cc(C=NNC(=O)C(C(=O)Nc2ccc(OC)cc2)C(C)C)ccc1OCc1ccc([N+](=O)[O-])cc1. The van der Waals surface area contributed by atoms with E-state index in [1.807, 2.05) is 6.92 Å². The zero-order chi connectivity index (χ0) is 29.1. The van der Waals surface area contributed by atoms with E-state index < -0.39 is 22.7 Å². The first-order valence-corrected chi connectivity index (χ1v) is 12.6. The van der Waals surface area contributed by atoms with Crippen LogP contribution in [-0.4, -0.2) is 36.7 Å².